The van der Waals surface area contributed by atoms with E-state index in [1.807, 2.05) is 6.92 Å². The summed E-state index contributed by atoms with van der Waals surface area (Å²) in [5, 5.41) is 8.63. The maximum absolute atomic E-state index is 10.5. The van der Waals surface area contributed by atoms with E-state index < -0.39 is 5.97 Å². The van der Waals surface area contributed by atoms with E-state index in [9.17, 15) is 4.79 Å². The van der Waals surface area contributed by atoms with Crippen LogP contribution in [0.25, 0.3) is 6.08 Å². The molecule has 0 aromatic heterocycles. The van der Waals surface area contributed by atoms with Crippen molar-refractivity contribution < 1.29 is 24.1 Å². The molecule has 0 aliphatic rings. The number of carboxylic acid groups (broad SMARTS) is 1. The Kier molecular flexibility index (Phi) is 6.54. The van der Waals surface area contributed by atoms with Crippen molar-refractivity contribution in [1.29, 1.82) is 0 Å². The molecule has 0 aliphatic carbocycles. The summed E-state index contributed by atoms with van der Waals surface area (Å²) in [5.74, 6) is 0.0749. The summed E-state index contributed by atoms with van der Waals surface area (Å²) in [6, 6.07) is 3.46. The van der Waals surface area contributed by atoms with Gasteiger partial charge in [-0.05, 0) is 46.6 Å². The number of carbonyl (C=O) groups is 1. The van der Waals surface area contributed by atoms with Gasteiger partial charge in [0.15, 0.2) is 11.5 Å². The lowest BCUT2D eigenvalue weighted by Gasteiger charge is -2.16. The molecular weight excluding hydrogens is 328 g/mol. The van der Waals surface area contributed by atoms with Gasteiger partial charge in [-0.15, -0.1) is 0 Å². The number of methoxy groups -OCH3 is 2. The molecule has 1 unspecified atom stereocenters. The van der Waals surface area contributed by atoms with Crippen LogP contribution in [0.5, 0.6) is 11.5 Å². The van der Waals surface area contributed by atoms with Crippen molar-refractivity contribution in [3.63, 3.8) is 0 Å². The van der Waals surface area contributed by atoms with Gasteiger partial charge in [0, 0.05) is 13.2 Å². The minimum atomic E-state index is -1.01. The second-order valence-electron chi connectivity index (χ2n) is 4.06. The number of aliphatic carboxylic acids is 1. The zero-order valence-electron chi connectivity index (χ0n) is 11.6. The quantitative estimate of drug-likeness (QED) is 0.770. The van der Waals surface area contributed by atoms with Crippen molar-refractivity contribution in [3.05, 3.63) is 28.2 Å². The van der Waals surface area contributed by atoms with E-state index in [0.717, 1.165) is 6.08 Å². The van der Waals surface area contributed by atoms with Crippen LogP contribution in [0.2, 0.25) is 0 Å². The molecule has 0 fully saturated rings. The Morgan fingerprint density at radius 3 is 2.70 bits per heavy atom. The molecule has 6 heteroatoms. The van der Waals surface area contributed by atoms with Crippen LogP contribution in [0.1, 0.15) is 12.5 Å². The maximum Gasteiger partial charge on any atom is 0.328 e. The summed E-state index contributed by atoms with van der Waals surface area (Å²) >= 11 is 3.39. The SMILES string of the molecule is COc1cc(/C=C/C(=O)O)cc(Br)c1OCC(C)OC. The third kappa shape index (κ3) is 4.86. The second kappa shape index (κ2) is 7.91. The van der Waals surface area contributed by atoms with Gasteiger partial charge in [0.2, 0.25) is 0 Å². The third-order valence-corrected chi connectivity index (χ3v) is 3.12. The van der Waals surface area contributed by atoms with Crippen molar-refractivity contribution in [2.75, 3.05) is 20.8 Å². The highest BCUT2D eigenvalue weighted by molar-refractivity contribution is 9.10. The van der Waals surface area contributed by atoms with Crippen LogP contribution in [0.4, 0.5) is 0 Å². The highest BCUT2D eigenvalue weighted by Gasteiger charge is 2.12. The van der Waals surface area contributed by atoms with E-state index >= 15 is 0 Å². The lowest BCUT2D eigenvalue weighted by molar-refractivity contribution is -0.131. The first-order valence-electron chi connectivity index (χ1n) is 5.92. The summed E-state index contributed by atoms with van der Waals surface area (Å²) in [6.07, 6.45) is 2.50. The first-order chi connectivity index (χ1) is 9.47. The Bertz CT molecular complexity index is 499. The highest BCUT2D eigenvalue weighted by Crippen LogP contribution is 2.37. The lowest BCUT2D eigenvalue weighted by Crippen LogP contribution is -2.16. The average molecular weight is 345 g/mol. The van der Waals surface area contributed by atoms with E-state index in [2.05, 4.69) is 15.9 Å². The number of benzene rings is 1. The molecule has 110 valence electrons. The van der Waals surface area contributed by atoms with Gasteiger partial charge in [-0.1, -0.05) is 0 Å². The Labute approximate surface area is 126 Å². The van der Waals surface area contributed by atoms with Crippen molar-refractivity contribution in [3.8, 4) is 11.5 Å². The summed E-state index contributed by atoms with van der Waals surface area (Å²) in [4.78, 5) is 10.5. The molecule has 0 heterocycles. The molecule has 1 aromatic rings. The summed E-state index contributed by atoms with van der Waals surface area (Å²) in [6.45, 7) is 2.28. The molecular formula is C14H17BrO5. The molecule has 0 aliphatic heterocycles. The molecule has 0 saturated carbocycles. The summed E-state index contributed by atoms with van der Waals surface area (Å²) in [7, 11) is 3.14. The van der Waals surface area contributed by atoms with E-state index in [1.54, 1.807) is 19.2 Å². The van der Waals surface area contributed by atoms with Gasteiger partial charge in [-0.2, -0.15) is 0 Å². The average Bonchev–Trinajstić information content (AvgIpc) is 2.42. The smallest absolute Gasteiger partial charge is 0.328 e. The van der Waals surface area contributed by atoms with Crippen LogP contribution in [-0.2, 0) is 9.53 Å². The Morgan fingerprint density at radius 2 is 2.15 bits per heavy atom. The zero-order valence-corrected chi connectivity index (χ0v) is 13.1. The van der Waals surface area contributed by atoms with E-state index in [4.69, 9.17) is 19.3 Å². The fraction of sp³-hybridized carbons (Fsp3) is 0.357. The molecule has 1 rings (SSSR count). The molecule has 0 radical (unpaired) electrons. The van der Waals surface area contributed by atoms with Crippen LogP contribution < -0.4 is 9.47 Å². The standard InChI is InChI=1S/C14H17BrO5/c1-9(18-2)8-20-14-11(15)6-10(4-5-13(16)17)7-12(14)19-3/h4-7,9H,8H2,1-3H3,(H,16,17)/b5-4+. The predicted octanol–water partition coefficient (Wildman–Crippen LogP) is 2.97. The second-order valence-corrected chi connectivity index (χ2v) is 4.92. The number of hydrogen-bond donors (Lipinski definition) is 1. The molecule has 0 saturated heterocycles. The van der Waals surface area contributed by atoms with Crippen LogP contribution in [0, 0.1) is 0 Å². The number of rotatable bonds is 7. The van der Waals surface area contributed by atoms with Crippen molar-refractivity contribution in [1.82, 2.24) is 0 Å². The summed E-state index contributed by atoms with van der Waals surface area (Å²) in [5.41, 5.74) is 0.697. The van der Waals surface area contributed by atoms with Crippen LogP contribution >= 0.6 is 15.9 Å². The minimum Gasteiger partial charge on any atom is -0.493 e. The fourth-order valence-corrected chi connectivity index (χ4v) is 1.99. The van der Waals surface area contributed by atoms with Crippen molar-refractivity contribution in [2.45, 2.75) is 13.0 Å². The Hall–Kier alpha value is -1.53. The topological polar surface area (TPSA) is 65.0 Å². The summed E-state index contributed by atoms with van der Waals surface area (Å²) < 4.78 is 16.7. The molecule has 20 heavy (non-hydrogen) atoms. The number of carboxylic acids is 1. The van der Waals surface area contributed by atoms with Crippen LogP contribution in [0.3, 0.4) is 0 Å². The molecule has 5 nitrogen and oxygen atoms in total. The highest BCUT2D eigenvalue weighted by atomic mass is 79.9. The lowest BCUT2D eigenvalue weighted by atomic mass is 10.2. The van der Waals surface area contributed by atoms with Gasteiger partial charge in [-0.25, -0.2) is 4.79 Å². The minimum absolute atomic E-state index is 0.0433. The van der Waals surface area contributed by atoms with Gasteiger partial charge < -0.3 is 19.3 Å². The number of ether oxygens (including phenoxy) is 3. The Morgan fingerprint density at radius 1 is 1.45 bits per heavy atom. The first kappa shape index (κ1) is 16.5. The maximum atomic E-state index is 10.5. The first-order valence-corrected chi connectivity index (χ1v) is 6.71. The molecule has 0 spiro atoms. The van der Waals surface area contributed by atoms with E-state index in [-0.39, 0.29) is 6.10 Å². The fourth-order valence-electron chi connectivity index (χ4n) is 1.41. The molecule has 1 atom stereocenters. The molecule has 1 aromatic carbocycles. The molecule has 0 amide bonds. The predicted molar refractivity (Wildman–Crippen MR) is 79.3 cm³/mol. The Balaban J connectivity index is 2.98. The normalized spacial score (nSPS) is 12.4. The zero-order chi connectivity index (χ0) is 15.1. The van der Waals surface area contributed by atoms with E-state index in [0.29, 0.717) is 28.1 Å². The van der Waals surface area contributed by atoms with Gasteiger partial charge >= 0.3 is 5.97 Å². The largest absolute Gasteiger partial charge is 0.493 e. The monoisotopic (exact) mass is 344 g/mol. The number of hydrogen-bond acceptors (Lipinski definition) is 4. The van der Waals surface area contributed by atoms with Crippen LogP contribution in [-0.4, -0.2) is 38.0 Å². The van der Waals surface area contributed by atoms with Crippen molar-refractivity contribution >= 4 is 28.0 Å². The van der Waals surface area contributed by atoms with E-state index in [1.165, 1.54) is 13.2 Å². The van der Waals surface area contributed by atoms with Gasteiger partial charge in [0.1, 0.15) is 6.61 Å². The van der Waals surface area contributed by atoms with Gasteiger partial charge in [0.05, 0.1) is 17.7 Å². The van der Waals surface area contributed by atoms with Crippen LogP contribution in [0.15, 0.2) is 22.7 Å². The van der Waals surface area contributed by atoms with Gasteiger partial charge in [0.25, 0.3) is 0 Å². The molecule has 0 bridgehead atoms. The van der Waals surface area contributed by atoms with Crippen molar-refractivity contribution in [2.24, 2.45) is 0 Å². The third-order valence-electron chi connectivity index (χ3n) is 2.53. The molecule has 1 N–H and O–H groups in total. The number of halogens is 1. The van der Waals surface area contributed by atoms with Gasteiger partial charge in [-0.3, -0.25) is 0 Å².